The fraction of sp³-hybridized carbons (Fsp3) is 0. The lowest BCUT2D eigenvalue weighted by Gasteiger charge is -1.88. The maximum Gasteiger partial charge on any atom is 0.233 e. The van der Waals surface area contributed by atoms with E-state index < -0.39 is 0 Å². The van der Waals surface area contributed by atoms with Crippen LogP contribution in [0, 0.1) is 0 Å². The van der Waals surface area contributed by atoms with Crippen LogP contribution in [-0.2, 0) is 4.79 Å². The van der Waals surface area contributed by atoms with Crippen molar-refractivity contribution in [3.05, 3.63) is 29.8 Å². The highest BCUT2D eigenvalue weighted by molar-refractivity contribution is 5.75. The Labute approximate surface area is 52.8 Å². The molecule has 0 fully saturated rings. The van der Waals surface area contributed by atoms with Crippen LogP contribution in [0.4, 0.5) is 0 Å². The number of hydrogen-bond acceptors (Lipinski definition) is 2. The summed E-state index contributed by atoms with van der Waals surface area (Å²) >= 11 is 0. The zero-order valence-electron chi connectivity index (χ0n) is 4.66. The topological polar surface area (TPSA) is 37.3 Å². The SMILES string of the molecule is O=[C]c1cccc(O)c1. The van der Waals surface area contributed by atoms with E-state index in [2.05, 4.69) is 0 Å². The zero-order chi connectivity index (χ0) is 6.69. The monoisotopic (exact) mass is 121 g/mol. The first kappa shape index (κ1) is 5.82. The predicted octanol–water partition coefficient (Wildman–Crippen LogP) is 0.850. The van der Waals surface area contributed by atoms with Crippen LogP contribution in [-0.4, -0.2) is 11.4 Å². The molecular weight excluding hydrogens is 116 g/mol. The van der Waals surface area contributed by atoms with E-state index in [4.69, 9.17) is 5.11 Å². The number of phenolic OH excluding ortho intramolecular Hbond substituents is 1. The van der Waals surface area contributed by atoms with Crippen molar-refractivity contribution in [1.29, 1.82) is 0 Å². The summed E-state index contributed by atoms with van der Waals surface area (Å²) in [5.41, 5.74) is 0.370. The van der Waals surface area contributed by atoms with Crippen LogP contribution in [0.15, 0.2) is 24.3 Å². The molecule has 2 nitrogen and oxygen atoms in total. The second-order valence-electron chi connectivity index (χ2n) is 1.65. The van der Waals surface area contributed by atoms with Crippen molar-refractivity contribution in [2.45, 2.75) is 0 Å². The molecule has 0 aliphatic heterocycles. The lowest BCUT2D eigenvalue weighted by Crippen LogP contribution is -1.76. The van der Waals surface area contributed by atoms with Crippen molar-refractivity contribution in [1.82, 2.24) is 0 Å². The highest BCUT2D eigenvalue weighted by atomic mass is 16.3. The Morgan fingerprint density at radius 2 is 2.22 bits per heavy atom. The molecule has 1 N–H and O–H groups in total. The zero-order valence-corrected chi connectivity index (χ0v) is 4.66. The number of phenols is 1. The van der Waals surface area contributed by atoms with Crippen molar-refractivity contribution in [3.8, 4) is 5.75 Å². The lowest BCUT2D eigenvalue weighted by atomic mass is 10.2. The minimum Gasteiger partial charge on any atom is -0.508 e. The fourth-order valence-electron chi connectivity index (χ4n) is 0.569. The smallest absolute Gasteiger partial charge is 0.233 e. The standard InChI is InChI=1S/C7H5O2/c8-5-6-2-1-3-7(9)4-6/h1-4,9H. The van der Waals surface area contributed by atoms with E-state index in [0.717, 1.165) is 0 Å². The molecule has 2 heteroatoms. The van der Waals surface area contributed by atoms with Crippen molar-refractivity contribution in [2.24, 2.45) is 0 Å². The van der Waals surface area contributed by atoms with Gasteiger partial charge in [0.15, 0.2) is 0 Å². The summed E-state index contributed by atoms with van der Waals surface area (Å²) in [5, 5.41) is 8.77. The third kappa shape index (κ3) is 1.29. The minimum atomic E-state index is 0.0934. The van der Waals surface area contributed by atoms with Gasteiger partial charge in [0.1, 0.15) is 5.75 Å². The summed E-state index contributed by atoms with van der Waals surface area (Å²) in [6.07, 6.45) is 1.66. The average Bonchev–Trinajstić information content (AvgIpc) is 1.88. The van der Waals surface area contributed by atoms with E-state index in [0.29, 0.717) is 5.56 Å². The van der Waals surface area contributed by atoms with Crippen molar-refractivity contribution in [3.63, 3.8) is 0 Å². The summed E-state index contributed by atoms with van der Waals surface area (Å²) in [4.78, 5) is 9.92. The van der Waals surface area contributed by atoms with Crippen LogP contribution in [0.2, 0.25) is 0 Å². The quantitative estimate of drug-likeness (QED) is 0.598. The summed E-state index contributed by atoms with van der Waals surface area (Å²) in [6.45, 7) is 0. The summed E-state index contributed by atoms with van der Waals surface area (Å²) in [6, 6.07) is 6.02. The second kappa shape index (κ2) is 2.31. The molecule has 1 radical (unpaired) electrons. The minimum absolute atomic E-state index is 0.0934. The van der Waals surface area contributed by atoms with Crippen molar-refractivity contribution < 1.29 is 9.90 Å². The molecule has 1 rings (SSSR count). The molecule has 0 aliphatic carbocycles. The van der Waals surface area contributed by atoms with Crippen LogP contribution in [0.1, 0.15) is 5.56 Å². The molecular formula is C7H5O2. The number of carbonyl (C=O) groups excluding carboxylic acids is 1. The van der Waals surface area contributed by atoms with Gasteiger partial charge >= 0.3 is 0 Å². The van der Waals surface area contributed by atoms with Crippen molar-refractivity contribution >= 4 is 6.29 Å². The molecule has 0 aliphatic rings. The third-order valence-corrected chi connectivity index (χ3v) is 0.964. The fourth-order valence-corrected chi connectivity index (χ4v) is 0.569. The lowest BCUT2D eigenvalue weighted by molar-refractivity contribution is 0.475. The Bertz CT molecular complexity index is 218. The highest BCUT2D eigenvalue weighted by Gasteiger charge is 1.89. The largest absolute Gasteiger partial charge is 0.508 e. The van der Waals surface area contributed by atoms with Gasteiger partial charge in [-0.3, -0.25) is 4.79 Å². The van der Waals surface area contributed by atoms with Gasteiger partial charge in [-0.25, -0.2) is 0 Å². The average molecular weight is 121 g/mol. The van der Waals surface area contributed by atoms with Gasteiger partial charge in [-0.2, -0.15) is 0 Å². The molecule has 0 saturated carbocycles. The third-order valence-electron chi connectivity index (χ3n) is 0.964. The van der Waals surface area contributed by atoms with Gasteiger partial charge in [0.05, 0.1) is 0 Å². The maximum absolute atomic E-state index is 9.92. The van der Waals surface area contributed by atoms with Gasteiger partial charge in [0, 0.05) is 5.56 Å². The van der Waals surface area contributed by atoms with Gasteiger partial charge in [-0.05, 0) is 12.1 Å². The molecule has 9 heavy (non-hydrogen) atoms. The Kier molecular flexibility index (Phi) is 1.49. The molecule has 0 atom stereocenters. The molecule has 0 heterocycles. The van der Waals surface area contributed by atoms with Gasteiger partial charge < -0.3 is 5.11 Å². The Balaban J connectivity index is 3.07. The normalized spacial score (nSPS) is 8.89. The molecule has 0 spiro atoms. The first-order valence-corrected chi connectivity index (χ1v) is 2.50. The summed E-state index contributed by atoms with van der Waals surface area (Å²) in [5.74, 6) is 0.0934. The number of aromatic hydroxyl groups is 1. The molecule has 0 bridgehead atoms. The van der Waals surface area contributed by atoms with Gasteiger partial charge in [0.2, 0.25) is 6.29 Å². The molecule has 0 saturated heterocycles. The number of benzene rings is 1. The molecule has 1 aromatic rings. The maximum atomic E-state index is 9.92. The van der Waals surface area contributed by atoms with Crippen LogP contribution in [0.25, 0.3) is 0 Å². The first-order valence-electron chi connectivity index (χ1n) is 2.50. The number of rotatable bonds is 1. The Hall–Kier alpha value is -1.31. The van der Waals surface area contributed by atoms with Gasteiger partial charge in [-0.1, -0.05) is 12.1 Å². The second-order valence-corrected chi connectivity index (χ2v) is 1.65. The first-order chi connectivity index (χ1) is 4.33. The van der Waals surface area contributed by atoms with Gasteiger partial charge in [-0.15, -0.1) is 0 Å². The Morgan fingerprint density at radius 3 is 2.67 bits per heavy atom. The van der Waals surface area contributed by atoms with Crippen LogP contribution < -0.4 is 0 Å². The van der Waals surface area contributed by atoms with Gasteiger partial charge in [0.25, 0.3) is 0 Å². The van der Waals surface area contributed by atoms with E-state index >= 15 is 0 Å². The molecule has 0 unspecified atom stereocenters. The van der Waals surface area contributed by atoms with Crippen LogP contribution in [0.5, 0.6) is 5.75 Å². The van der Waals surface area contributed by atoms with E-state index in [1.54, 1.807) is 18.4 Å². The predicted molar refractivity (Wildman–Crippen MR) is 32.9 cm³/mol. The molecule has 45 valence electrons. The van der Waals surface area contributed by atoms with E-state index in [1.165, 1.54) is 12.1 Å². The van der Waals surface area contributed by atoms with Crippen LogP contribution in [0.3, 0.4) is 0 Å². The highest BCUT2D eigenvalue weighted by Crippen LogP contribution is 2.07. The van der Waals surface area contributed by atoms with E-state index in [-0.39, 0.29) is 5.75 Å². The molecule has 0 amide bonds. The van der Waals surface area contributed by atoms with Crippen LogP contribution >= 0.6 is 0 Å². The number of hydrogen-bond donors (Lipinski definition) is 1. The summed E-state index contributed by atoms with van der Waals surface area (Å²) in [7, 11) is 0. The Morgan fingerprint density at radius 1 is 1.44 bits per heavy atom. The van der Waals surface area contributed by atoms with E-state index in [1.807, 2.05) is 0 Å². The molecule has 1 aromatic carbocycles. The van der Waals surface area contributed by atoms with Crippen molar-refractivity contribution in [2.75, 3.05) is 0 Å². The van der Waals surface area contributed by atoms with E-state index in [9.17, 15) is 4.79 Å². The molecule has 0 aromatic heterocycles. The summed E-state index contributed by atoms with van der Waals surface area (Å²) < 4.78 is 0.